The SMILES string of the molecule is CC1(C)C2C3CCC(C3)C2SC2C3CCC(C3)C21. The molecule has 0 radical (unpaired) electrons. The predicted molar refractivity (Wildman–Crippen MR) is 77.6 cm³/mol. The molecular weight excluding hydrogens is 236 g/mol. The van der Waals surface area contributed by atoms with Crippen molar-refractivity contribution in [1.29, 1.82) is 0 Å². The third-order valence-corrected chi connectivity index (χ3v) is 9.70. The Balaban J connectivity index is 1.58. The molecule has 100 valence electrons. The normalized spacial score (nSPS) is 63.0. The van der Waals surface area contributed by atoms with Gasteiger partial charge in [0.2, 0.25) is 0 Å². The molecule has 0 amide bonds. The molecule has 5 aliphatic rings. The van der Waals surface area contributed by atoms with E-state index in [4.69, 9.17) is 0 Å². The maximum Gasteiger partial charge on any atom is 0.0114 e. The smallest absolute Gasteiger partial charge is 0.0114 e. The monoisotopic (exact) mass is 262 g/mol. The van der Waals surface area contributed by atoms with E-state index in [1.165, 1.54) is 0 Å². The molecule has 0 N–H and O–H groups in total. The van der Waals surface area contributed by atoms with Crippen molar-refractivity contribution in [2.45, 2.75) is 62.9 Å². The van der Waals surface area contributed by atoms with Crippen LogP contribution in [0.2, 0.25) is 0 Å². The first-order valence-electron chi connectivity index (χ1n) is 8.31. The van der Waals surface area contributed by atoms with Crippen molar-refractivity contribution < 1.29 is 0 Å². The van der Waals surface area contributed by atoms with Gasteiger partial charge in [-0.15, -0.1) is 0 Å². The van der Waals surface area contributed by atoms with E-state index in [0.29, 0.717) is 5.41 Å². The largest absolute Gasteiger partial charge is 0.154 e. The molecule has 4 saturated carbocycles. The molecule has 0 aromatic carbocycles. The standard InChI is InChI=1S/C17H26S/c1-17(2)13-9-3-5-11(7-9)15(13)18-16-12-6-4-10(8-12)14(16)17/h9-16H,3-8H2,1-2H3. The molecule has 4 bridgehead atoms. The third-order valence-electron chi connectivity index (χ3n) is 7.71. The van der Waals surface area contributed by atoms with Crippen molar-refractivity contribution in [1.82, 2.24) is 0 Å². The van der Waals surface area contributed by atoms with Crippen LogP contribution in [0.1, 0.15) is 52.4 Å². The lowest BCUT2D eigenvalue weighted by molar-refractivity contribution is 0.0346. The summed E-state index contributed by atoms with van der Waals surface area (Å²) in [6, 6.07) is 0. The molecule has 8 unspecified atom stereocenters. The van der Waals surface area contributed by atoms with E-state index >= 15 is 0 Å². The lowest BCUT2D eigenvalue weighted by Crippen LogP contribution is -2.52. The van der Waals surface area contributed by atoms with Gasteiger partial charge in [-0.25, -0.2) is 0 Å². The second kappa shape index (κ2) is 3.32. The Bertz CT molecular complexity index is 353. The first-order valence-corrected chi connectivity index (χ1v) is 9.26. The van der Waals surface area contributed by atoms with Crippen LogP contribution in [0.3, 0.4) is 0 Å². The van der Waals surface area contributed by atoms with Crippen LogP contribution < -0.4 is 0 Å². The molecule has 0 aromatic rings. The van der Waals surface area contributed by atoms with Crippen LogP contribution in [0.5, 0.6) is 0 Å². The molecule has 5 rings (SSSR count). The van der Waals surface area contributed by atoms with E-state index in [0.717, 1.165) is 46.0 Å². The van der Waals surface area contributed by atoms with Gasteiger partial charge in [-0.3, -0.25) is 0 Å². The van der Waals surface area contributed by atoms with E-state index in [9.17, 15) is 0 Å². The van der Waals surface area contributed by atoms with Gasteiger partial charge in [-0.2, -0.15) is 11.8 Å². The van der Waals surface area contributed by atoms with Gasteiger partial charge in [0.15, 0.2) is 0 Å². The number of hydrogen-bond acceptors (Lipinski definition) is 1. The van der Waals surface area contributed by atoms with Crippen LogP contribution in [-0.4, -0.2) is 10.5 Å². The molecule has 18 heavy (non-hydrogen) atoms. The zero-order chi connectivity index (χ0) is 12.1. The number of hydrogen-bond donors (Lipinski definition) is 0. The summed E-state index contributed by atoms with van der Waals surface area (Å²) in [5.74, 6) is 6.63. The molecule has 0 aromatic heterocycles. The first-order chi connectivity index (χ1) is 8.66. The Morgan fingerprint density at radius 3 is 1.67 bits per heavy atom. The lowest BCUT2D eigenvalue weighted by atomic mass is 9.59. The quantitative estimate of drug-likeness (QED) is 0.615. The second-order valence-electron chi connectivity index (χ2n) is 8.60. The minimum absolute atomic E-state index is 0.667. The van der Waals surface area contributed by atoms with Crippen LogP contribution >= 0.6 is 11.8 Å². The molecule has 0 nitrogen and oxygen atoms in total. The van der Waals surface area contributed by atoms with Gasteiger partial charge < -0.3 is 0 Å². The van der Waals surface area contributed by atoms with Crippen molar-refractivity contribution in [3.05, 3.63) is 0 Å². The van der Waals surface area contributed by atoms with Crippen LogP contribution in [0.25, 0.3) is 0 Å². The fourth-order valence-corrected chi connectivity index (χ4v) is 10.1. The summed E-state index contributed by atoms with van der Waals surface area (Å²) in [5.41, 5.74) is 0.667. The lowest BCUT2D eigenvalue weighted by Gasteiger charge is -2.55. The van der Waals surface area contributed by atoms with Gasteiger partial charge in [0.05, 0.1) is 0 Å². The second-order valence-corrected chi connectivity index (χ2v) is 9.97. The minimum atomic E-state index is 0.667. The third kappa shape index (κ3) is 1.13. The highest BCUT2D eigenvalue weighted by molar-refractivity contribution is 8.00. The van der Waals surface area contributed by atoms with Crippen LogP contribution in [0.15, 0.2) is 0 Å². The molecular formula is C17H26S. The van der Waals surface area contributed by atoms with E-state index in [1.807, 2.05) is 0 Å². The molecule has 1 heterocycles. The van der Waals surface area contributed by atoms with Crippen molar-refractivity contribution >= 4 is 11.8 Å². The van der Waals surface area contributed by atoms with Gasteiger partial charge in [0.1, 0.15) is 0 Å². The van der Waals surface area contributed by atoms with Crippen LogP contribution in [0.4, 0.5) is 0 Å². The maximum absolute atomic E-state index is 2.67. The Morgan fingerprint density at radius 2 is 1.17 bits per heavy atom. The fourth-order valence-electron chi connectivity index (χ4n) is 7.33. The molecule has 1 heteroatoms. The van der Waals surface area contributed by atoms with E-state index in [-0.39, 0.29) is 0 Å². The van der Waals surface area contributed by atoms with Gasteiger partial charge >= 0.3 is 0 Å². The highest BCUT2D eigenvalue weighted by Crippen LogP contribution is 2.71. The number of thioether (sulfide) groups is 1. The van der Waals surface area contributed by atoms with Gasteiger partial charge in [0, 0.05) is 10.5 Å². The molecule has 0 spiro atoms. The molecule has 4 aliphatic carbocycles. The molecule has 5 fully saturated rings. The first kappa shape index (κ1) is 11.1. The highest BCUT2D eigenvalue weighted by Gasteiger charge is 2.65. The summed E-state index contributed by atoms with van der Waals surface area (Å²) in [4.78, 5) is 0. The van der Waals surface area contributed by atoms with E-state index < -0.39 is 0 Å². The summed E-state index contributed by atoms with van der Waals surface area (Å²) in [5, 5.41) is 2.14. The predicted octanol–water partition coefficient (Wildman–Crippen LogP) is 4.59. The molecule has 1 aliphatic heterocycles. The Hall–Kier alpha value is 0.350. The Kier molecular flexibility index (Phi) is 2.04. The Labute approximate surface area is 116 Å². The number of fused-ring (bicyclic) bond motifs is 10. The van der Waals surface area contributed by atoms with Crippen molar-refractivity contribution in [2.75, 3.05) is 0 Å². The molecule has 8 atom stereocenters. The van der Waals surface area contributed by atoms with Crippen LogP contribution in [0, 0.1) is 40.9 Å². The summed E-state index contributed by atoms with van der Waals surface area (Å²) in [6.07, 6.45) is 9.48. The summed E-state index contributed by atoms with van der Waals surface area (Å²) in [7, 11) is 0. The van der Waals surface area contributed by atoms with E-state index in [2.05, 4.69) is 25.6 Å². The van der Waals surface area contributed by atoms with Gasteiger partial charge in [-0.1, -0.05) is 13.8 Å². The fraction of sp³-hybridized carbons (Fsp3) is 1.00. The van der Waals surface area contributed by atoms with Gasteiger partial charge in [0.25, 0.3) is 0 Å². The summed E-state index contributed by atoms with van der Waals surface area (Å²) >= 11 is 2.50. The van der Waals surface area contributed by atoms with Crippen LogP contribution in [-0.2, 0) is 0 Å². The zero-order valence-corrected chi connectivity index (χ0v) is 12.6. The minimum Gasteiger partial charge on any atom is -0.154 e. The number of rotatable bonds is 0. The average Bonchev–Trinajstić information content (AvgIpc) is 3.07. The van der Waals surface area contributed by atoms with Crippen molar-refractivity contribution in [2.24, 2.45) is 40.9 Å². The maximum atomic E-state index is 2.67. The van der Waals surface area contributed by atoms with Crippen molar-refractivity contribution in [3.8, 4) is 0 Å². The highest BCUT2D eigenvalue weighted by atomic mass is 32.2. The summed E-state index contributed by atoms with van der Waals surface area (Å²) < 4.78 is 0. The van der Waals surface area contributed by atoms with E-state index in [1.54, 1.807) is 38.5 Å². The zero-order valence-electron chi connectivity index (χ0n) is 11.8. The summed E-state index contributed by atoms with van der Waals surface area (Å²) in [6.45, 7) is 5.34. The van der Waals surface area contributed by atoms with Crippen molar-refractivity contribution in [3.63, 3.8) is 0 Å². The average molecular weight is 262 g/mol. The topological polar surface area (TPSA) is 0 Å². The Morgan fingerprint density at radius 1 is 0.722 bits per heavy atom. The van der Waals surface area contributed by atoms with Gasteiger partial charge in [-0.05, 0) is 79.4 Å². The molecule has 1 saturated heterocycles.